The van der Waals surface area contributed by atoms with Crippen LogP contribution in [0.1, 0.15) is 36.2 Å². The van der Waals surface area contributed by atoms with E-state index >= 15 is 0 Å². The van der Waals surface area contributed by atoms with Gasteiger partial charge in [-0.25, -0.2) is 14.8 Å². The number of nitrogens with two attached hydrogens (primary N) is 1. The molecule has 0 unspecified atom stereocenters. The number of hydrogen-bond acceptors (Lipinski definition) is 6. The maximum atomic E-state index is 12.8. The monoisotopic (exact) mass is 433 g/mol. The summed E-state index contributed by atoms with van der Waals surface area (Å²) in [6, 6.07) is 13.3. The summed E-state index contributed by atoms with van der Waals surface area (Å²) in [5, 5.41) is 8.26. The highest BCUT2D eigenvalue weighted by Crippen LogP contribution is 2.35. The topological polar surface area (TPSA) is 107 Å². The number of benzene rings is 2. The van der Waals surface area contributed by atoms with Gasteiger partial charge in [-0.3, -0.25) is 5.10 Å². The SMILES string of the molecule is Nc1nc(-c2ccccc2)c(-c2cc(Cl)c3[nH]ncc3c2)nc1C(=O)OC1CCCC1. The highest BCUT2D eigenvalue weighted by atomic mass is 35.5. The number of carbonyl (C=O) groups is 1. The van der Waals surface area contributed by atoms with Crippen LogP contribution < -0.4 is 5.73 Å². The van der Waals surface area contributed by atoms with Gasteiger partial charge in [-0.15, -0.1) is 0 Å². The molecule has 0 aliphatic heterocycles. The molecule has 0 saturated heterocycles. The van der Waals surface area contributed by atoms with E-state index in [1.165, 1.54) is 0 Å². The molecule has 2 aromatic carbocycles. The zero-order valence-corrected chi connectivity index (χ0v) is 17.4. The van der Waals surface area contributed by atoms with Gasteiger partial charge in [0.2, 0.25) is 0 Å². The molecule has 0 bridgehead atoms. The normalized spacial score (nSPS) is 14.2. The highest BCUT2D eigenvalue weighted by molar-refractivity contribution is 6.35. The number of nitrogen functional groups attached to an aromatic ring is 1. The largest absolute Gasteiger partial charge is 0.458 e. The number of ether oxygens (including phenoxy) is 1. The van der Waals surface area contributed by atoms with Crippen molar-refractivity contribution < 1.29 is 9.53 Å². The average Bonchev–Trinajstić information content (AvgIpc) is 3.46. The lowest BCUT2D eigenvalue weighted by molar-refractivity contribution is 0.0312. The van der Waals surface area contributed by atoms with E-state index < -0.39 is 5.97 Å². The third kappa shape index (κ3) is 3.72. The van der Waals surface area contributed by atoms with Crippen molar-refractivity contribution >= 4 is 34.3 Å². The van der Waals surface area contributed by atoms with E-state index in [1.807, 2.05) is 36.4 Å². The van der Waals surface area contributed by atoms with Crippen LogP contribution in [0.4, 0.5) is 5.82 Å². The van der Waals surface area contributed by atoms with Crippen molar-refractivity contribution in [3.63, 3.8) is 0 Å². The van der Waals surface area contributed by atoms with Gasteiger partial charge in [-0.1, -0.05) is 41.9 Å². The lowest BCUT2D eigenvalue weighted by Crippen LogP contribution is -2.19. The van der Waals surface area contributed by atoms with E-state index in [0.717, 1.165) is 42.1 Å². The zero-order valence-electron chi connectivity index (χ0n) is 16.6. The number of esters is 1. The van der Waals surface area contributed by atoms with Gasteiger partial charge in [0.25, 0.3) is 0 Å². The number of nitrogens with one attached hydrogen (secondary N) is 1. The first-order valence-corrected chi connectivity index (χ1v) is 10.5. The molecule has 31 heavy (non-hydrogen) atoms. The Balaban J connectivity index is 1.66. The molecule has 0 spiro atoms. The molecule has 8 heteroatoms. The number of H-pyrrole nitrogens is 1. The van der Waals surface area contributed by atoms with E-state index in [0.29, 0.717) is 22.0 Å². The Labute approximate surface area is 183 Å². The van der Waals surface area contributed by atoms with Crippen LogP contribution in [0, 0.1) is 0 Å². The molecule has 1 saturated carbocycles. The molecule has 7 nitrogen and oxygen atoms in total. The second-order valence-corrected chi connectivity index (χ2v) is 8.03. The van der Waals surface area contributed by atoms with Crippen molar-refractivity contribution in [2.45, 2.75) is 31.8 Å². The first-order chi connectivity index (χ1) is 15.1. The van der Waals surface area contributed by atoms with Crippen LogP contribution in [0.25, 0.3) is 33.4 Å². The predicted molar refractivity (Wildman–Crippen MR) is 120 cm³/mol. The molecule has 0 radical (unpaired) electrons. The Morgan fingerprint density at radius 1 is 1.06 bits per heavy atom. The number of rotatable bonds is 4. The molecule has 2 aromatic heterocycles. The molecule has 0 amide bonds. The number of aromatic amines is 1. The average molecular weight is 434 g/mol. The van der Waals surface area contributed by atoms with Gasteiger partial charge >= 0.3 is 5.97 Å². The number of anilines is 1. The van der Waals surface area contributed by atoms with Crippen LogP contribution in [0.2, 0.25) is 5.02 Å². The van der Waals surface area contributed by atoms with Crippen LogP contribution in [0.3, 0.4) is 0 Å². The number of hydrogen-bond donors (Lipinski definition) is 2. The molecular weight excluding hydrogens is 414 g/mol. The summed E-state index contributed by atoms with van der Waals surface area (Å²) in [4.78, 5) is 22.0. The number of aromatic nitrogens is 4. The molecular formula is C23H20ClN5O2. The standard InChI is InChI=1S/C23H20ClN5O2/c24-17-11-14(10-15-12-26-29-18(15)17)20-19(13-6-2-1-3-7-13)28-22(25)21(27-20)23(30)31-16-8-4-5-9-16/h1-3,6-7,10-12,16H,4-5,8-9H2,(H2,25,28)(H,26,29). The Hall–Kier alpha value is -3.45. The van der Waals surface area contributed by atoms with Crippen molar-refractivity contribution in [2.75, 3.05) is 5.73 Å². The Morgan fingerprint density at radius 3 is 2.58 bits per heavy atom. The predicted octanol–water partition coefficient (Wildman–Crippen LogP) is 5.02. The van der Waals surface area contributed by atoms with Crippen molar-refractivity contribution in [1.29, 1.82) is 0 Å². The molecule has 4 aromatic rings. The third-order valence-electron chi connectivity index (χ3n) is 5.51. The van der Waals surface area contributed by atoms with Crippen LogP contribution in [-0.4, -0.2) is 32.2 Å². The summed E-state index contributed by atoms with van der Waals surface area (Å²) < 4.78 is 5.63. The molecule has 1 aliphatic carbocycles. The fraction of sp³-hybridized carbons (Fsp3) is 0.217. The van der Waals surface area contributed by atoms with Crippen molar-refractivity contribution in [2.24, 2.45) is 0 Å². The first-order valence-electron chi connectivity index (χ1n) is 10.2. The maximum Gasteiger partial charge on any atom is 0.361 e. The first kappa shape index (κ1) is 19.5. The summed E-state index contributed by atoms with van der Waals surface area (Å²) >= 11 is 6.46. The second kappa shape index (κ2) is 8.00. The lowest BCUT2D eigenvalue weighted by atomic mass is 10.0. The fourth-order valence-corrected chi connectivity index (χ4v) is 4.23. The van der Waals surface area contributed by atoms with Crippen LogP contribution in [-0.2, 0) is 4.74 Å². The van der Waals surface area contributed by atoms with Gasteiger partial charge in [0.1, 0.15) is 6.10 Å². The Morgan fingerprint density at radius 2 is 1.81 bits per heavy atom. The molecule has 156 valence electrons. The summed E-state index contributed by atoms with van der Waals surface area (Å²) in [6.07, 6.45) is 5.43. The van der Waals surface area contributed by atoms with Gasteiger partial charge in [-0.2, -0.15) is 5.10 Å². The Kier molecular flexibility index (Phi) is 5.03. The quantitative estimate of drug-likeness (QED) is 0.437. The number of halogens is 1. The molecule has 1 fully saturated rings. The van der Waals surface area contributed by atoms with Gasteiger partial charge in [0.15, 0.2) is 11.5 Å². The van der Waals surface area contributed by atoms with E-state index in [-0.39, 0.29) is 17.6 Å². The van der Waals surface area contributed by atoms with Crippen molar-refractivity contribution in [1.82, 2.24) is 20.2 Å². The van der Waals surface area contributed by atoms with Crippen LogP contribution in [0.15, 0.2) is 48.7 Å². The van der Waals surface area contributed by atoms with E-state index in [9.17, 15) is 4.79 Å². The summed E-state index contributed by atoms with van der Waals surface area (Å²) in [6.45, 7) is 0. The van der Waals surface area contributed by atoms with E-state index in [4.69, 9.17) is 22.1 Å². The number of fused-ring (bicyclic) bond motifs is 1. The zero-order chi connectivity index (χ0) is 21.4. The lowest BCUT2D eigenvalue weighted by Gasteiger charge is -2.15. The molecule has 3 N–H and O–H groups in total. The second-order valence-electron chi connectivity index (χ2n) is 7.62. The molecule has 2 heterocycles. The van der Waals surface area contributed by atoms with Crippen LogP contribution >= 0.6 is 11.6 Å². The molecule has 0 atom stereocenters. The van der Waals surface area contributed by atoms with E-state index in [2.05, 4.69) is 20.2 Å². The van der Waals surface area contributed by atoms with Gasteiger partial charge in [-0.05, 0) is 37.8 Å². The smallest absolute Gasteiger partial charge is 0.361 e. The summed E-state index contributed by atoms with van der Waals surface area (Å²) in [5.41, 5.74) is 9.53. The number of carbonyl (C=O) groups excluding carboxylic acids is 1. The minimum atomic E-state index is -0.548. The maximum absolute atomic E-state index is 12.8. The minimum Gasteiger partial charge on any atom is -0.458 e. The van der Waals surface area contributed by atoms with Gasteiger partial charge in [0.05, 0.1) is 28.1 Å². The Bertz CT molecular complexity index is 1270. The van der Waals surface area contributed by atoms with Gasteiger partial charge in [0, 0.05) is 16.5 Å². The minimum absolute atomic E-state index is 0.0185. The molecule has 1 aliphatic rings. The van der Waals surface area contributed by atoms with Crippen molar-refractivity contribution in [3.05, 3.63) is 59.4 Å². The van der Waals surface area contributed by atoms with Crippen LogP contribution in [0.5, 0.6) is 0 Å². The third-order valence-corrected chi connectivity index (χ3v) is 5.81. The molecule has 5 rings (SSSR count). The number of nitrogens with zero attached hydrogens (tertiary/aromatic N) is 3. The van der Waals surface area contributed by atoms with E-state index in [1.54, 1.807) is 12.3 Å². The highest BCUT2D eigenvalue weighted by Gasteiger charge is 2.25. The summed E-state index contributed by atoms with van der Waals surface area (Å²) in [7, 11) is 0. The summed E-state index contributed by atoms with van der Waals surface area (Å²) in [5.74, 6) is -0.505. The fourth-order valence-electron chi connectivity index (χ4n) is 3.96. The van der Waals surface area contributed by atoms with Gasteiger partial charge < -0.3 is 10.5 Å². The van der Waals surface area contributed by atoms with Crippen molar-refractivity contribution in [3.8, 4) is 22.5 Å².